The van der Waals surface area contributed by atoms with E-state index in [2.05, 4.69) is 10.5 Å². The highest BCUT2D eigenvalue weighted by molar-refractivity contribution is 6.00. The molecule has 6 nitrogen and oxygen atoms in total. The number of nitrogens with zero attached hydrogens (tertiary/aromatic N) is 1. The van der Waals surface area contributed by atoms with Crippen LogP contribution in [0.15, 0.2) is 23.4 Å². The van der Waals surface area contributed by atoms with Crippen molar-refractivity contribution in [3.05, 3.63) is 29.6 Å². The molecule has 0 atom stereocenters. The van der Waals surface area contributed by atoms with Crippen molar-refractivity contribution >= 4 is 11.7 Å². The SMILES string of the molecule is COc1cc(C(=O)NC2(/C(N)=N/O)CCCC2)ccc1F. The van der Waals surface area contributed by atoms with Gasteiger partial charge in [0, 0.05) is 5.56 Å². The summed E-state index contributed by atoms with van der Waals surface area (Å²) in [6.07, 6.45) is 2.96. The van der Waals surface area contributed by atoms with E-state index in [1.165, 1.54) is 25.3 Å². The smallest absolute Gasteiger partial charge is 0.252 e. The summed E-state index contributed by atoms with van der Waals surface area (Å²) in [5.74, 6) is -0.975. The van der Waals surface area contributed by atoms with E-state index in [0.29, 0.717) is 12.8 Å². The Morgan fingerprint density at radius 1 is 1.48 bits per heavy atom. The van der Waals surface area contributed by atoms with Crippen molar-refractivity contribution in [1.82, 2.24) is 5.32 Å². The molecule has 2 rings (SSSR count). The van der Waals surface area contributed by atoms with Gasteiger partial charge in [0.2, 0.25) is 0 Å². The normalized spacial score (nSPS) is 17.5. The Morgan fingerprint density at radius 2 is 2.14 bits per heavy atom. The maximum Gasteiger partial charge on any atom is 0.252 e. The number of oxime groups is 1. The number of carbonyl (C=O) groups excluding carboxylic acids is 1. The second kappa shape index (κ2) is 5.99. The summed E-state index contributed by atoms with van der Waals surface area (Å²) in [5.41, 5.74) is 5.14. The number of ether oxygens (including phenoxy) is 1. The monoisotopic (exact) mass is 295 g/mol. The summed E-state index contributed by atoms with van der Waals surface area (Å²) in [7, 11) is 1.33. The van der Waals surface area contributed by atoms with Crippen molar-refractivity contribution in [3.63, 3.8) is 0 Å². The number of amides is 1. The fourth-order valence-electron chi connectivity index (χ4n) is 2.61. The number of nitrogens with two attached hydrogens (primary N) is 1. The van der Waals surface area contributed by atoms with Gasteiger partial charge in [0.1, 0.15) is 5.54 Å². The Hall–Kier alpha value is -2.31. The molecule has 0 radical (unpaired) electrons. The van der Waals surface area contributed by atoms with Crippen LogP contribution in [0.25, 0.3) is 0 Å². The van der Waals surface area contributed by atoms with Crippen LogP contribution < -0.4 is 15.8 Å². The number of benzene rings is 1. The van der Waals surface area contributed by atoms with Gasteiger partial charge in [0.05, 0.1) is 7.11 Å². The summed E-state index contributed by atoms with van der Waals surface area (Å²) in [5, 5.41) is 14.7. The molecule has 4 N–H and O–H groups in total. The van der Waals surface area contributed by atoms with Gasteiger partial charge in [0.25, 0.3) is 5.91 Å². The van der Waals surface area contributed by atoms with Crippen LogP contribution in [0, 0.1) is 5.82 Å². The van der Waals surface area contributed by atoms with E-state index < -0.39 is 17.3 Å². The lowest BCUT2D eigenvalue weighted by atomic mass is 9.95. The third-order valence-electron chi connectivity index (χ3n) is 3.82. The van der Waals surface area contributed by atoms with Gasteiger partial charge >= 0.3 is 0 Å². The summed E-state index contributed by atoms with van der Waals surface area (Å²) >= 11 is 0. The van der Waals surface area contributed by atoms with E-state index in [1.807, 2.05) is 0 Å². The number of hydrogen-bond acceptors (Lipinski definition) is 4. The van der Waals surface area contributed by atoms with Crippen molar-refractivity contribution in [1.29, 1.82) is 0 Å². The predicted octanol–water partition coefficient (Wildman–Crippen LogP) is 1.62. The highest BCUT2D eigenvalue weighted by Gasteiger charge is 2.40. The molecular formula is C14H18FN3O3. The fraction of sp³-hybridized carbons (Fsp3) is 0.429. The first-order valence-electron chi connectivity index (χ1n) is 6.66. The molecule has 1 amide bonds. The zero-order chi connectivity index (χ0) is 15.5. The van der Waals surface area contributed by atoms with E-state index in [-0.39, 0.29) is 17.1 Å². The molecule has 21 heavy (non-hydrogen) atoms. The van der Waals surface area contributed by atoms with Crippen LogP contribution in [-0.2, 0) is 0 Å². The Bertz CT molecular complexity index is 569. The van der Waals surface area contributed by atoms with Gasteiger partial charge in [-0.2, -0.15) is 0 Å². The van der Waals surface area contributed by atoms with Crippen LogP contribution in [0.2, 0.25) is 0 Å². The number of amidine groups is 1. The van der Waals surface area contributed by atoms with Gasteiger partial charge in [0.15, 0.2) is 17.4 Å². The van der Waals surface area contributed by atoms with E-state index >= 15 is 0 Å². The maximum absolute atomic E-state index is 13.4. The molecule has 0 aliphatic heterocycles. The number of nitrogens with one attached hydrogen (secondary N) is 1. The first kappa shape index (κ1) is 15.1. The van der Waals surface area contributed by atoms with Crippen LogP contribution in [-0.4, -0.2) is 29.6 Å². The number of methoxy groups -OCH3 is 1. The van der Waals surface area contributed by atoms with Gasteiger partial charge < -0.3 is 21.0 Å². The average molecular weight is 295 g/mol. The molecule has 0 bridgehead atoms. The van der Waals surface area contributed by atoms with Crippen molar-refractivity contribution in [2.75, 3.05) is 7.11 Å². The van der Waals surface area contributed by atoms with Crippen LogP contribution in [0.4, 0.5) is 4.39 Å². The van der Waals surface area contributed by atoms with Crippen molar-refractivity contribution in [3.8, 4) is 5.75 Å². The van der Waals surface area contributed by atoms with Crippen LogP contribution in [0.3, 0.4) is 0 Å². The number of hydrogen-bond donors (Lipinski definition) is 3. The molecule has 7 heteroatoms. The van der Waals surface area contributed by atoms with Crippen molar-refractivity contribution in [2.45, 2.75) is 31.2 Å². The molecule has 0 aromatic heterocycles. The second-order valence-corrected chi connectivity index (χ2v) is 5.08. The van der Waals surface area contributed by atoms with E-state index in [0.717, 1.165) is 12.8 Å². The summed E-state index contributed by atoms with van der Waals surface area (Å²) in [6.45, 7) is 0. The minimum atomic E-state index is -0.840. The molecule has 1 aliphatic rings. The zero-order valence-electron chi connectivity index (χ0n) is 11.7. The summed E-state index contributed by atoms with van der Waals surface area (Å²) in [6, 6.07) is 3.85. The third-order valence-corrected chi connectivity index (χ3v) is 3.82. The number of halogens is 1. The summed E-state index contributed by atoms with van der Waals surface area (Å²) < 4.78 is 18.2. The van der Waals surface area contributed by atoms with Gasteiger partial charge in [-0.05, 0) is 31.0 Å². The Balaban J connectivity index is 2.24. The predicted molar refractivity (Wildman–Crippen MR) is 75.0 cm³/mol. The molecule has 114 valence electrons. The molecule has 0 heterocycles. The number of carbonyl (C=O) groups is 1. The molecular weight excluding hydrogens is 277 g/mol. The Labute approximate surface area is 121 Å². The van der Waals surface area contributed by atoms with E-state index in [9.17, 15) is 9.18 Å². The Morgan fingerprint density at radius 3 is 2.71 bits per heavy atom. The summed E-state index contributed by atoms with van der Waals surface area (Å²) in [4.78, 5) is 12.3. The lowest BCUT2D eigenvalue weighted by molar-refractivity contribution is 0.0922. The highest BCUT2D eigenvalue weighted by Crippen LogP contribution is 2.30. The van der Waals surface area contributed by atoms with Crippen molar-refractivity contribution < 1.29 is 19.1 Å². The first-order chi connectivity index (χ1) is 10.0. The van der Waals surface area contributed by atoms with Crippen LogP contribution in [0.5, 0.6) is 5.75 Å². The standard InChI is InChI=1S/C14H18FN3O3/c1-21-11-8-9(4-5-10(11)15)12(19)17-14(13(16)18-20)6-2-3-7-14/h4-5,8,20H,2-3,6-7H2,1H3,(H2,16,18)(H,17,19). The van der Waals surface area contributed by atoms with E-state index in [4.69, 9.17) is 15.7 Å². The van der Waals surface area contributed by atoms with Gasteiger partial charge in [-0.1, -0.05) is 18.0 Å². The average Bonchev–Trinajstić information content (AvgIpc) is 2.96. The Kier molecular flexibility index (Phi) is 4.30. The minimum absolute atomic E-state index is 0.00748. The molecule has 0 unspecified atom stereocenters. The van der Waals surface area contributed by atoms with Crippen LogP contribution in [0.1, 0.15) is 36.0 Å². The zero-order valence-corrected chi connectivity index (χ0v) is 11.7. The molecule has 1 aromatic rings. The fourth-order valence-corrected chi connectivity index (χ4v) is 2.61. The van der Waals surface area contributed by atoms with Gasteiger partial charge in [-0.3, -0.25) is 4.79 Å². The lowest BCUT2D eigenvalue weighted by Crippen LogP contribution is -2.55. The highest BCUT2D eigenvalue weighted by atomic mass is 19.1. The molecule has 1 fully saturated rings. The molecule has 1 aliphatic carbocycles. The second-order valence-electron chi connectivity index (χ2n) is 5.08. The van der Waals surface area contributed by atoms with E-state index in [1.54, 1.807) is 0 Å². The lowest BCUT2D eigenvalue weighted by Gasteiger charge is -2.28. The van der Waals surface area contributed by atoms with Gasteiger partial charge in [-0.25, -0.2) is 4.39 Å². The quantitative estimate of drug-likeness (QED) is 0.340. The maximum atomic E-state index is 13.4. The van der Waals surface area contributed by atoms with Crippen LogP contribution >= 0.6 is 0 Å². The minimum Gasteiger partial charge on any atom is -0.494 e. The topological polar surface area (TPSA) is 96.9 Å². The molecule has 0 saturated heterocycles. The molecule has 1 saturated carbocycles. The van der Waals surface area contributed by atoms with Crippen molar-refractivity contribution in [2.24, 2.45) is 10.9 Å². The molecule has 1 aromatic carbocycles. The largest absolute Gasteiger partial charge is 0.494 e. The first-order valence-corrected chi connectivity index (χ1v) is 6.66. The molecule has 0 spiro atoms. The van der Waals surface area contributed by atoms with Gasteiger partial charge in [-0.15, -0.1) is 0 Å². The third kappa shape index (κ3) is 2.91. The number of rotatable bonds is 4.